The zero-order valence-electron chi connectivity index (χ0n) is 14.9. The average molecular weight is 340 g/mol. The SMILES string of the molecule is COc1ccccc1NC(=O)CCN(C(C)=O)C(C)c1ccccc1. The molecule has 0 aliphatic carbocycles. The topological polar surface area (TPSA) is 58.6 Å². The molecule has 2 aromatic rings. The Balaban J connectivity index is 1.99. The van der Waals surface area contributed by atoms with Gasteiger partial charge in [0.2, 0.25) is 11.8 Å². The fourth-order valence-electron chi connectivity index (χ4n) is 2.72. The molecule has 5 nitrogen and oxygen atoms in total. The van der Waals surface area contributed by atoms with E-state index in [9.17, 15) is 9.59 Å². The third-order valence-electron chi connectivity index (χ3n) is 4.11. The second-order valence-electron chi connectivity index (χ2n) is 5.80. The molecule has 0 saturated carbocycles. The van der Waals surface area contributed by atoms with Crippen LogP contribution in [0.3, 0.4) is 0 Å². The summed E-state index contributed by atoms with van der Waals surface area (Å²) < 4.78 is 5.23. The Hall–Kier alpha value is -2.82. The number of amides is 2. The number of ether oxygens (including phenoxy) is 1. The Kier molecular flexibility index (Phi) is 6.57. The Morgan fingerprint density at radius 3 is 2.36 bits per heavy atom. The van der Waals surface area contributed by atoms with Crippen LogP contribution in [-0.4, -0.2) is 30.4 Å². The lowest BCUT2D eigenvalue weighted by Crippen LogP contribution is -2.34. The van der Waals surface area contributed by atoms with Crippen molar-refractivity contribution in [1.29, 1.82) is 0 Å². The Morgan fingerprint density at radius 1 is 1.08 bits per heavy atom. The van der Waals surface area contributed by atoms with Gasteiger partial charge in [-0.2, -0.15) is 0 Å². The van der Waals surface area contributed by atoms with Gasteiger partial charge < -0.3 is 15.0 Å². The van der Waals surface area contributed by atoms with Gasteiger partial charge in [0.25, 0.3) is 0 Å². The number of nitrogens with zero attached hydrogens (tertiary/aromatic N) is 1. The summed E-state index contributed by atoms with van der Waals surface area (Å²) in [5, 5.41) is 2.83. The molecule has 25 heavy (non-hydrogen) atoms. The minimum absolute atomic E-state index is 0.0542. The van der Waals surface area contributed by atoms with Crippen molar-refractivity contribution in [3.8, 4) is 5.75 Å². The van der Waals surface area contributed by atoms with Crippen LogP contribution in [0.1, 0.15) is 31.9 Å². The van der Waals surface area contributed by atoms with Crippen molar-refractivity contribution in [3.63, 3.8) is 0 Å². The molecule has 0 radical (unpaired) electrons. The molecule has 0 spiro atoms. The highest BCUT2D eigenvalue weighted by Gasteiger charge is 2.19. The third kappa shape index (κ3) is 5.08. The fourth-order valence-corrected chi connectivity index (χ4v) is 2.72. The lowest BCUT2D eigenvalue weighted by atomic mass is 10.1. The van der Waals surface area contributed by atoms with E-state index in [1.165, 1.54) is 6.92 Å². The van der Waals surface area contributed by atoms with E-state index in [0.717, 1.165) is 5.56 Å². The first kappa shape index (κ1) is 18.5. The number of carbonyl (C=O) groups excluding carboxylic acids is 2. The molecule has 132 valence electrons. The highest BCUT2D eigenvalue weighted by molar-refractivity contribution is 5.92. The lowest BCUT2D eigenvalue weighted by molar-refractivity contribution is -0.131. The van der Waals surface area contributed by atoms with Crippen LogP contribution in [0.25, 0.3) is 0 Å². The van der Waals surface area contributed by atoms with Crippen molar-refractivity contribution in [3.05, 3.63) is 60.2 Å². The van der Waals surface area contributed by atoms with Gasteiger partial charge in [0.15, 0.2) is 0 Å². The molecule has 0 saturated heterocycles. The number of benzene rings is 2. The highest BCUT2D eigenvalue weighted by Crippen LogP contribution is 2.24. The van der Waals surface area contributed by atoms with E-state index in [4.69, 9.17) is 4.74 Å². The van der Waals surface area contributed by atoms with Crippen LogP contribution in [0.4, 0.5) is 5.69 Å². The van der Waals surface area contributed by atoms with Gasteiger partial charge in [0.1, 0.15) is 5.75 Å². The maximum Gasteiger partial charge on any atom is 0.226 e. The molecule has 0 fully saturated rings. The zero-order chi connectivity index (χ0) is 18.2. The predicted octanol–water partition coefficient (Wildman–Crippen LogP) is 3.63. The molecule has 5 heteroatoms. The standard InChI is InChI=1S/C20H24N2O3/c1-15(17-9-5-4-6-10-17)22(16(2)23)14-13-20(24)21-18-11-7-8-12-19(18)25-3/h4-12,15H,13-14H2,1-3H3,(H,21,24). The number of para-hydroxylation sites is 2. The Morgan fingerprint density at radius 2 is 1.72 bits per heavy atom. The predicted molar refractivity (Wildman–Crippen MR) is 98.5 cm³/mol. The van der Waals surface area contributed by atoms with E-state index < -0.39 is 0 Å². The van der Waals surface area contributed by atoms with Gasteiger partial charge in [0.05, 0.1) is 18.8 Å². The van der Waals surface area contributed by atoms with Crippen LogP contribution >= 0.6 is 0 Å². The molecule has 0 aliphatic heterocycles. The maximum atomic E-state index is 12.3. The number of carbonyl (C=O) groups is 2. The highest BCUT2D eigenvalue weighted by atomic mass is 16.5. The van der Waals surface area contributed by atoms with E-state index in [-0.39, 0.29) is 24.3 Å². The Labute approximate surface area is 148 Å². The van der Waals surface area contributed by atoms with Crippen LogP contribution in [0.5, 0.6) is 5.75 Å². The summed E-state index contributed by atoms with van der Waals surface area (Å²) in [5.74, 6) is 0.398. The number of hydrogen-bond acceptors (Lipinski definition) is 3. The second kappa shape index (κ2) is 8.87. The van der Waals surface area contributed by atoms with Crippen LogP contribution in [0, 0.1) is 0 Å². The van der Waals surface area contributed by atoms with E-state index in [1.807, 2.05) is 49.4 Å². The Bertz CT molecular complexity index is 716. The lowest BCUT2D eigenvalue weighted by Gasteiger charge is -2.28. The monoisotopic (exact) mass is 340 g/mol. The van der Waals surface area contributed by atoms with Crippen LogP contribution in [-0.2, 0) is 9.59 Å². The van der Waals surface area contributed by atoms with Crippen molar-refractivity contribution >= 4 is 17.5 Å². The number of anilines is 1. The molecule has 2 aromatic carbocycles. The van der Waals surface area contributed by atoms with Crippen molar-refractivity contribution in [2.75, 3.05) is 19.0 Å². The molecule has 0 aromatic heterocycles. The van der Waals surface area contributed by atoms with Gasteiger partial charge in [-0.25, -0.2) is 0 Å². The molecule has 2 amide bonds. The first-order valence-electron chi connectivity index (χ1n) is 8.28. The van der Waals surface area contributed by atoms with E-state index in [1.54, 1.807) is 24.1 Å². The summed E-state index contributed by atoms with van der Waals surface area (Å²) in [6, 6.07) is 16.9. The number of hydrogen-bond donors (Lipinski definition) is 1. The van der Waals surface area contributed by atoms with Crippen molar-refractivity contribution in [1.82, 2.24) is 4.90 Å². The number of nitrogens with one attached hydrogen (secondary N) is 1. The van der Waals surface area contributed by atoms with Gasteiger partial charge in [-0.1, -0.05) is 42.5 Å². The van der Waals surface area contributed by atoms with Crippen LogP contribution in [0.2, 0.25) is 0 Å². The molecule has 0 heterocycles. The summed E-state index contributed by atoms with van der Waals surface area (Å²) in [7, 11) is 1.56. The first-order chi connectivity index (χ1) is 12.0. The minimum Gasteiger partial charge on any atom is -0.495 e. The van der Waals surface area contributed by atoms with Crippen molar-refractivity contribution in [2.45, 2.75) is 26.3 Å². The van der Waals surface area contributed by atoms with Crippen molar-refractivity contribution in [2.24, 2.45) is 0 Å². The summed E-state index contributed by atoms with van der Waals surface area (Å²) in [6.45, 7) is 3.85. The molecule has 1 N–H and O–H groups in total. The molecule has 0 bridgehead atoms. The minimum atomic E-state index is -0.156. The first-order valence-corrected chi connectivity index (χ1v) is 8.28. The van der Waals surface area contributed by atoms with Crippen LogP contribution < -0.4 is 10.1 Å². The van der Waals surface area contributed by atoms with Gasteiger partial charge in [-0.3, -0.25) is 9.59 Å². The average Bonchev–Trinajstić information content (AvgIpc) is 2.62. The smallest absolute Gasteiger partial charge is 0.226 e. The summed E-state index contributed by atoms with van der Waals surface area (Å²) >= 11 is 0. The number of methoxy groups -OCH3 is 1. The summed E-state index contributed by atoms with van der Waals surface area (Å²) in [4.78, 5) is 26.0. The van der Waals surface area contributed by atoms with E-state index in [2.05, 4.69) is 5.32 Å². The molecular formula is C20H24N2O3. The van der Waals surface area contributed by atoms with Gasteiger partial charge in [0, 0.05) is 19.9 Å². The zero-order valence-corrected chi connectivity index (χ0v) is 14.9. The van der Waals surface area contributed by atoms with E-state index in [0.29, 0.717) is 18.0 Å². The third-order valence-corrected chi connectivity index (χ3v) is 4.11. The molecular weight excluding hydrogens is 316 g/mol. The normalized spacial score (nSPS) is 11.5. The van der Waals surface area contributed by atoms with Crippen molar-refractivity contribution < 1.29 is 14.3 Å². The van der Waals surface area contributed by atoms with E-state index >= 15 is 0 Å². The van der Waals surface area contributed by atoms with Gasteiger partial charge in [-0.15, -0.1) is 0 Å². The molecule has 2 rings (SSSR count). The molecule has 1 unspecified atom stereocenters. The van der Waals surface area contributed by atoms with Gasteiger partial charge >= 0.3 is 0 Å². The van der Waals surface area contributed by atoms with Gasteiger partial charge in [-0.05, 0) is 24.6 Å². The maximum absolute atomic E-state index is 12.3. The number of rotatable bonds is 7. The second-order valence-corrected chi connectivity index (χ2v) is 5.80. The fraction of sp³-hybridized carbons (Fsp3) is 0.300. The molecule has 0 aliphatic rings. The van der Waals surface area contributed by atoms with Crippen LogP contribution in [0.15, 0.2) is 54.6 Å². The summed E-state index contributed by atoms with van der Waals surface area (Å²) in [5.41, 5.74) is 1.67. The summed E-state index contributed by atoms with van der Waals surface area (Å²) in [6.07, 6.45) is 0.217. The quantitative estimate of drug-likeness (QED) is 0.837. The molecule has 1 atom stereocenters. The largest absolute Gasteiger partial charge is 0.495 e.